The molecule has 1 aromatic rings. The number of esters is 1. The molecule has 0 amide bonds. The molecule has 0 aliphatic heterocycles. The average Bonchev–Trinajstić information content (AvgIpc) is 2.54. The maximum absolute atomic E-state index is 13.0. The molecule has 0 heterocycles. The van der Waals surface area contributed by atoms with Crippen molar-refractivity contribution in [1.29, 1.82) is 0 Å². The summed E-state index contributed by atoms with van der Waals surface area (Å²) < 4.78 is 5.67. The van der Waals surface area contributed by atoms with Crippen LogP contribution in [0.2, 0.25) is 0 Å². The van der Waals surface area contributed by atoms with E-state index in [1.807, 2.05) is 31.1 Å². The number of fused-ring (bicyclic) bond motifs is 3. The standard InChI is InChI=1S/C21H31NO3/c1-20-10-5-11-21(2,19(24)25-13-12-22(3)4)18(20)9-7-15-6-8-16(23)14-17(15)20/h6,8,14,18,23H,5,7,9-13H2,1-4H3/t18-,20?,21-/m1/s1. The van der Waals surface area contributed by atoms with Crippen LogP contribution in [-0.4, -0.2) is 43.2 Å². The van der Waals surface area contributed by atoms with E-state index in [9.17, 15) is 9.90 Å². The molecule has 1 fully saturated rings. The third-order valence-corrected chi connectivity index (χ3v) is 6.58. The van der Waals surface area contributed by atoms with E-state index in [4.69, 9.17) is 4.74 Å². The molecule has 3 atom stereocenters. The molecular weight excluding hydrogens is 314 g/mol. The number of ether oxygens (including phenoxy) is 1. The topological polar surface area (TPSA) is 49.8 Å². The zero-order valence-corrected chi connectivity index (χ0v) is 16.0. The minimum absolute atomic E-state index is 0.0473. The molecule has 4 heteroatoms. The molecule has 138 valence electrons. The molecule has 0 saturated heterocycles. The van der Waals surface area contributed by atoms with Crippen LogP contribution in [0.1, 0.15) is 50.7 Å². The van der Waals surface area contributed by atoms with Crippen LogP contribution < -0.4 is 0 Å². The largest absolute Gasteiger partial charge is 0.508 e. The van der Waals surface area contributed by atoms with Gasteiger partial charge in [0.05, 0.1) is 5.41 Å². The quantitative estimate of drug-likeness (QED) is 0.849. The SMILES string of the molecule is CN(C)CCOC(=O)[C@]1(C)CCCC2(C)c3cc(O)ccc3CC[C@H]21. The van der Waals surface area contributed by atoms with Crippen molar-refractivity contribution in [3.63, 3.8) is 0 Å². The zero-order valence-electron chi connectivity index (χ0n) is 16.0. The van der Waals surface area contributed by atoms with E-state index in [0.29, 0.717) is 12.4 Å². The molecule has 1 unspecified atom stereocenters. The van der Waals surface area contributed by atoms with E-state index in [2.05, 4.69) is 13.8 Å². The molecule has 4 nitrogen and oxygen atoms in total. The summed E-state index contributed by atoms with van der Waals surface area (Å²) in [6.07, 6.45) is 4.95. The summed E-state index contributed by atoms with van der Waals surface area (Å²) in [4.78, 5) is 15.0. The molecule has 0 bridgehead atoms. The van der Waals surface area contributed by atoms with Crippen molar-refractivity contribution in [2.45, 2.75) is 51.4 Å². The van der Waals surface area contributed by atoms with Crippen LogP contribution in [0.15, 0.2) is 18.2 Å². The molecule has 0 radical (unpaired) electrons. The highest BCUT2D eigenvalue weighted by Gasteiger charge is 2.55. The highest BCUT2D eigenvalue weighted by Crippen LogP contribution is 2.57. The van der Waals surface area contributed by atoms with Crippen LogP contribution in [0.25, 0.3) is 0 Å². The van der Waals surface area contributed by atoms with Gasteiger partial charge >= 0.3 is 5.97 Å². The number of phenols is 1. The van der Waals surface area contributed by atoms with Gasteiger partial charge in [0, 0.05) is 6.54 Å². The third kappa shape index (κ3) is 3.17. The van der Waals surface area contributed by atoms with Crippen LogP contribution >= 0.6 is 0 Å². The average molecular weight is 345 g/mol. The number of aryl methyl sites for hydroxylation is 1. The van der Waals surface area contributed by atoms with Crippen LogP contribution in [0.3, 0.4) is 0 Å². The van der Waals surface area contributed by atoms with Crippen molar-refractivity contribution in [2.24, 2.45) is 11.3 Å². The number of phenolic OH excluding ortho intramolecular Hbond substituents is 1. The van der Waals surface area contributed by atoms with Crippen LogP contribution in [0.5, 0.6) is 5.75 Å². The monoisotopic (exact) mass is 345 g/mol. The first-order valence-electron chi connectivity index (χ1n) is 9.42. The van der Waals surface area contributed by atoms with Crippen molar-refractivity contribution in [3.8, 4) is 5.75 Å². The first-order chi connectivity index (χ1) is 11.8. The Labute approximate surface area is 151 Å². The minimum Gasteiger partial charge on any atom is -0.508 e. The van der Waals surface area contributed by atoms with Gasteiger partial charge in [-0.3, -0.25) is 4.79 Å². The fraction of sp³-hybridized carbons (Fsp3) is 0.667. The molecule has 0 aromatic heterocycles. The first-order valence-corrected chi connectivity index (χ1v) is 9.42. The summed E-state index contributed by atoms with van der Waals surface area (Å²) in [5, 5.41) is 10.0. The third-order valence-electron chi connectivity index (χ3n) is 6.58. The Morgan fingerprint density at radius 1 is 1.32 bits per heavy atom. The highest BCUT2D eigenvalue weighted by atomic mass is 16.5. The number of rotatable bonds is 4. The summed E-state index contributed by atoms with van der Waals surface area (Å²) in [5.41, 5.74) is 2.04. The lowest BCUT2D eigenvalue weighted by molar-refractivity contribution is -0.164. The van der Waals surface area contributed by atoms with Gasteiger partial charge in [-0.15, -0.1) is 0 Å². The normalized spacial score (nSPS) is 31.3. The van der Waals surface area contributed by atoms with Gasteiger partial charge in [-0.25, -0.2) is 0 Å². The minimum atomic E-state index is -0.442. The highest BCUT2D eigenvalue weighted by molar-refractivity contribution is 5.77. The van der Waals surface area contributed by atoms with E-state index in [1.54, 1.807) is 6.07 Å². The van der Waals surface area contributed by atoms with Gasteiger partial charge in [-0.1, -0.05) is 19.4 Å². The number of nitrogens with zero attached hydrogens (tertiary/aromatic N) is 1. The fourth-order valence-electron chi connectivity index (χ4n) is 5.18. The van der Waals surface area contributed by atoms with Gasteiger partial charge in [0.25, 0.3) is 0 Å². The van der Waals surface area contributed by atoms with Gasteiger partial charge < -0.3 is 14.7 Å². The maximum atomic E-state index is 13.0. The van der Waals surface area contributed by atoms with Crippen LogP contribution in [0, 0.1) is 11.3 Å². The van der Waals surface area contributed by atoms with Gasteiger partial charge in [0.2, 0.25) is 0 Å². The second-order valence-corrected chi connectivity index (χ2v) is 8.56. The number of hydrogen-bond acceptors (Lipinski definition) is 4. The molecule has 0 spiro atoms. The van der Waals surface area contributed by atoms with Crippen molar-refractivity contribution < 1.29 is 14.6 Å². The Hall–Kier alpha value is -1.55. The summed E-state index contributed by atoms with van der Waals surface area (Å²) in [6.45, 7) is 5.57. The van der Waals surface area contributed by atoms with Gasteiger partial charge in [0.15, 0.2) is 0 Å². The van der Waals surface area contributed by atoms with E-state index in [1.165, 1.54) is 11.1 Å². The molecule has 1 saturated carbocycles. The Morgan fingerprint density at radius 3 is 2.80 bits per heavy atom. The van der Waals surface area contributed by atoms with Gasteiger partial charge in [-0.2, -0.15) is 0 Å². The Bertz CT molecular complexity index is 657. The second kappa shape index (κ2) is 6.64. The smallest absolute Gasteiger partial charge is 0.312 e. The number of carbonyl (C=O) groups excluding carboxylic acids is 1. The summed E-state index contributed by atoms with van der Waals surface area (Å²) in [7, 11) is 3.97. The number of benzene rings is 1. The van der Waals surface area contributed by atoms with E-state index >= 15 is 0 Å². The fourth-order valence-corrected chi connectivity index (χ4v) is 5.18. The molecule has 3 rings (SSSR count). The number of aromatic hydroxyl groups is 1. The Morgan fingerprint density at radius 2 is 2.08 bits per heavy atom. The number of likely N-dealkylation sites (N-methyl/N-ethyl adjacent to an activating group) is 1. The number of hydrogen-bond donors (Lipinski definition) is 1. The van der Waals surface area contributed by atoms with E-state index in [0.717, 1.165) is 38.6 Å². The summed E-state index contributed by atoms with van der Waals surface area (Å²) in [5.74, 6) is 0.533. The molecular formula is C21H31NO3. The maximum Gasteiger partial charge on any atom is 0.312 e. The lowest BCUT2D eigenvalue weighted by Gasteiger charge is -2.54. The Kier molecular flexibility index (Phi) is 4.84. The molecule has 2 aliphatic carbocycles. The summed E-state index contributed by atoms with van der Waals surface area (Å²) in [6, 6.07) is 5.75. The zero-order chi connectivity index (χ0) is 18.2. The number of carbonyl (C=O) groups is 1. The van der Waals surface area contributed by atoms with Crippen molar-refractivity contribution >= 4 is 5.97 Å². The lowest BCUT2D eigenvalue weighted by atomic mass is 9.50. The van der Waals surface area contributed by atoms with Crippen molar-refractivity contribution in [2.75, 3.05) is 27.2 Å². The van der Waals surface area contributed by atoms with E-state index in [-0.39, 0.29) is 17.3 Å². The van der Waals surface area contributed by atoms with Gasteiger partial charge in [0.1, 0.15) is 12.4 Å². The van der Waals surface area contributed by atoms with Crippen molar-refractivity contribution in [1.82, 2.24) is 4.90 Å². The molecule has 25 heavy (non-hydrogen) atoms. The predicted molar refractivity (Wildman–Crippen MR) is 98.7 cm³/mol. The predicted octanol–water partition coefficient (Wildman–Crippen LogP) is 3.51. The van der Waals surface area contributed by atoms with E-state index < -0.39 is 5.41 Å². The van der Waals surface area contributed by atoms with Crippen molar-refractivity contribution in [3.05, 3.63) is 29.3 Å². The molecule has 1 N–H and O–H groups in total. The summed E-state index contributed by atoms with van der Waals surface area (Å²) >= 11 is 0. The van der Waals surface area contributed by atoms with Gasteiger partial charge in [-0.05, 0) is 81.3 Å². The first kappa shape index (κ1) is 18.2. The molecule has 2 aliphatic rings. The second-order valence-electron chi connectivity index (χ2n) is 8.56. The Balaban J connectivity index is 1.88. The van der Waals surface area contributed by atoms with Crippen LogP contribution in [-0.2, 0) is 21.4 Å². The lowest BCUT2D eigenvalue weighted by Crippen LogP contribution is -2.53. The van der Waals surface area contributed by atoms with Crippen LogP contribution in [0.4, 0.5) is 0 Å². The molecule has 1 aromatic carbocycles.